The van der Waals surface area contributed by atoms with E-state index < -0.39 is 0 Å². The van der Waals surface area contributed by atoms with Crippen molar-refractivity contribution < 1.29 is 4.74 Å². The molecule has 1 aromatic rings. The van der Waals surface area contributed by atoms with Crippen LogP contribution in [0, 0.1) is 6.92 Å². The van der Waals surface area contributed by atoms with Gasteiger partial charge in [-0.3, -0.25) is 0 Å². The Hall–Kier alpha value is -1.02. The van der Waals surface area contributed by atoms with Crippen molar-refractivity contribution in [3.63, 3.8) is 0 Å². The molecule has 15 heavy (non-hydrogen) atoms. The number of aryl methyl sites for hydroxylation is 1. The molecule has 2 N–H and O–H groups in total. The van der Waals surface area contributed by atoms with Crippen LogP contribution < -0.4 is 10.5 Å². The van der Waals surface area contributed by atoms with E-state index in [-0.39, 0.29) is 5.54 Å². The fourth-order valence-corrected chi connectivity index (χ4v) is 1.88. The van der Waals surface area contributed by atoms with Crippen molar-refractivity contribution in [1.29, 1.82) is 0 Å². The average molecular weight is 205 g/mol. The second kappa shape index (κ2) is 3.86. The van der Waals surface area contributed by atoms with Gasteiger partial charge >= 0.3 is 0 Å². The largest absolute Gasteiger partial charge is 0.494 e. The normalized spacial score (nSPS) is 17.5. The molecule has 0 unspecified atom stereocenters. The molecule has 2 heteroatoms. The molecule has 0 aromatic heterocycles. The Morgan fingerprint density at radius 1 is 1.40 bits per heavy atom. The highest BCUT2D eigenvalue weighted by Gasteiger charge is 2.37. The molecule has 1 fully saturated rings. The Labute approximate surface area is 91.4 Å². The van der Waals surface area contributed by atoms with E-state index in [2.05, 4.69) is 25.1 Å². The highest BCUT2D eigenvalue weighted by Crippen LogP contribution is 2.36. The molecule has 1 aliphatic carbocycles. The Bertz CT molecular complexity index is 356. The maximum absolute atomic E-state index is 6.09. The van der Waals surface area contributed by atoms with E-state index in [1.54, 1.807) is 0 Å². The molecule has 2 nitrogen and oxygen atoms in total. The Kier molecular flexibility index (Phi) is 2.70. The van der Waals surface area contributed by atoms with Crippen molar-refractivity contribution in [3.05, 3.63) is 29.3 Å². The standard InChI is InChI=1S/C13H19NO/c1-3-15-12-5-4-11(8-10(12)2)9-13(14)6-7-13/h4-5,8H,3,6-7,9,14H2,1-2H3. The molecule has 2 rings (SSSR count). The summed E-state index contributed by atoms with van der Waals surface area (Å²) in [7, 11) is 0. The Balaban J connectivity index is 2.10. The first-order valence-corrected chi connectivity index (χ1v) is 5.64. The van der Waals surface area contributed by atoms with Crippen molar-refractivity contribution in [2.24, 2.45) is 5.73 Å². The highest BCUT2D eigenvalue weighted by atomic mass is 16.5. The molecule has 1 aromatic carbocycles. The van der Waals surface area contributed by atoms with Crippen LogP contribution in [0.4, 0.5) is 0 Å². The minimum atomic E-state index is 0.0968. The molecule has 82 valence electrons. The number of rotatable bonds is 4. The summed E-state index contributed by atoms with van der Waals surface area (Å²) in [5.41, 5.74) is 8.73. The quantitative estimate of drug-likeness (QED) is 0.819. The molecule has 1 saturated carbocycles. The van der Waals surface area contributed by atoms with Crippen molar-refractivity contribution >= 4 is 0 Å². The number of hydrogen-bond acceptors (Lipinski definition) is 2. The lowest BCUT2D eigenvalue weighted by atomic mass is 10.0. The van der Waals surface area contributed by atoms with E-state index in [9.17, 15) is 0 Å². The molecule has 0 radical (unpaired) electrons. The third kappa shape index (κ3) is 2.51. The van der Waals surface area contributed by atoms with E-state index in [4.69, 9.17) is 10.5 Å². The summed E-state index contributed by atoms with van der Waals surface area (Å²) in [6, 6.07) is 6.38. The SMILES string of the molecule is CCOc1ccc(CC2(N)CC2)cc1C. The first kappa shape index (κ1) is 10.5. The fourth-order valence-electron chi connectivity index (χ4n) is 1.88. The monoisotopic (exact) mass is 205 g/mol. The van der Waals surface area contributed by atoms with Crippen molar-refractivity contribution in [2.45, 2.75) is 38.6 Å². The van der Waals surface area contributed by atoms with E-state index >= 15 is 0 Å². The molecule has 0 bridgehead atoms. The fraction of sp³-hybridized carbons (Fsp3) is 0.538. The molecule has 0 aliphatic heterocycles. The van der Waals surface area contributed by atoms with Crippen LogP contribution in [0.1, 0.15) is 30.9 Å². The molecular weight excluding hydrogens is 186 g/mol. The summed E-state index contributed by atoms with van der Waals surface area (Å²) in [5.74, 6) is 0.989. The van der Waals surface area contributed by atoms with Crippen LogP contribution in [-0.4, -0.2) is 12.1 Å². The van der Waals surface area contributed by atoms with Crippen molar-refractivity contribution in [1.82, 2.24) is 0 Å². The Morgan fingerprint density at radius 2 is 2.13 bits per heavy atom. The average Bonchev–Trinajstić information content (AvgIpc) is 2.89. The van der Waals surface area contributed by atoms with Crippen LogP contribution in [0.2, 0.25) is 0 Å². The highest BCUT2D eigenvalue weighted by molar-refractivity contribution is 5.37. The van der Waals surface area contributed by atoms with E-state index in [1.807, 2.05) is 6.92 Å². The minimum Gasteiger partial charge on any atom is -0.494 e. The molecule has 0 spiro atoms. The zero-order valence-corrected chi connectivity index (χ0v) is 9.55. The summed E-state index contributed by atoms with van der Waals surface area (Å²) in [5, 5.41) is 0. The van der Waals surface area contributed by atoms with Gasteiger partial charge in [-0.1, -0.05) is 12.1 Å². The van der Waals surface area contributed by atoms with Gasteiger partial charge in [-0.05, 0) is 50.3 Å². The molecule has 0 atom stereocenters. The van der Waals surface area contributed by atoms with Gasteiger partial charge in [0.15, 0.2) is 0 Å². The van der Waals surface area contributed by atoms with E-state index in [1.165, 1.54) is 24.0 Å². The minimum absolute atomic E-state index is 0.0968. The van der Waals surface area contributed by atoms with E-state index in [0.29, 0.717) is 0 Å². The first-order valence-electron chi connectivity index (χ1n) is 5.64. The number of nitrogens with two attached hydrogens (primary N) is 1. The van der Waals surface area contributed by atoms with Crippen LogP contribution in [0.25, 0.3) is 0 Å². The smallest absolute Gasteiger partial charge is 0.122 e. The van der Waals surface area contributed by atoms with Gasteiger partial charge in [-0.2, -0.15) is 0 Å². The van der Waals surface area contributed by atoms with Crippen LogP contribution >= 0.6 is 0 Å². The number of hydrogen-bond donors (Lipinski definition) is 1. The van der Waals surface area contributed by atoms with Crippen LogP contribution in [0.15, 0.2) is 18.2 Å². The molecular formula is C13H19NO. The van der Waals surface area contributed by atoms with Gasteiger partial charge in [-0.15, -0.1) is 0 Å². The predicted molar refractivity (Wildman–Crippen MR) is 62.2 cm³/mol. The van der Waals surface area contributed by atoms with Gasteiger partial charge in [-0.25, -0.2) is 0 Å². The third-order valence-electron chi connectivity index (χ3n) is 2.99. The summed E-state index contributed by atoms with van der Waals surface area (Å²) in [4.78, 5) is 0. The van der Waals surface area contributed by atoms with E-state index in [0.717, 1.165) is 18.8 Å². The first-order chi connectivity index (χ1) is 7.13. The number of ether oxygens (including phenoxy) is 1. The molecule has 0 heterocycles. The van der Waals surface area contributed by atoms with Crippen LogP contribution in [0.3, 0.4) is 0 Å². The van der Waals surface area contributed by atoms with Gasteiger partial charge in [0.05, 0.1) is 6.61 Å². The van der Waals surface area contributed by atoms with Crippen LogP contribution in [-0.2, 0) is 6.42 Å². The summed E-state index contributed by atoms with van der Waals surface area (Å²) >= 11 is 0. The second-order valence-corrected chi connectivity index (χ2v) is 4.57. The lowest BCUT2D eigenvalue weighted by Crippen LogP contribution is -2.24. The van der Waals surface area contributed by atoms with Gasteiger partial charge in [0, 0.05) is 5.54 Å². The lowest BCUT2D eigenvalue weighted by molar-refractivity contribution is 0.337. The summed E-state index contributed by atoms with van der Waals surface area (Å²) in [6.45, 7) is 4.82. The maximum atomic E-state index is 6.09. The van der Waals surface area contributed by atoms with Gasteiger partial charge in [0.25, 0.3) is 0 Å². The molecule has 1 aliphatic rings. The van der Waals surface area contributed by atoms with Gasteiger partial charge in [0.2, 0.25) is 0 Å². The topological polar surface area (TPSA) is 35.2 Å². The Morgan fingerprint density at radius 3 is 2.67 bits per heavy atom. The lowest BCUT2D eigenvalue weighted by Gasteiger charge is -2.12. The second-order valence-electron chi connectivity index (χ2n) is 4.57. The van der Waals surface area contributed by atoms with Crippen molar-refractivity contribution in [2.75, 3.05) is 6.61 Å². The maximum Gasteiger partial charge on any atom is 0.122 e. The molecule has 0 amide bonds. The van der Waals surface area contributed by atoms with Gasteiger partial charge in [0.1, 0.15) is 5.75 Å². The summed E-state index contributed by atoms with van der Waals surface area (Å²) < 4.78 is 5.51. The van der Waals surface area contributed by atoms with Crippen LogP contribution in [0.5, 0.6) is 5.75 Å². The number of benzene rings is 1. The third-order valence-corrected chi connectivity index (χ3v) is 2.99. The molecule has 0 saturated heterocycles. The zero-order valence-electron chi connectivity index (χ0n) is 9.55. The predicted octanol–water partition coefficient (Wildman–Crippen LogP) is 2.43. The summed E-state index contributed by atoms with van der Waals surface area (Å²) in [6.07, 6.45) is 3.33. The van der Waals surface area contributed by atoms with Crippen molar-refractivity contribution in [3.8, 4) is 5.75 Å². The zero-order chi connectivity index (χ0) is 10.9. The van der Waals surface area contributed by atoms with Gasteiger partial charge < -0.3 is 10.5 Å².